The fourth-order valence-corrected chi connectivity index (χ4v) is 6.41. The number of hydrogen-bond donors (Lipinski definition) is 2. The molecule has 1 aliphatic rings. The van der Waals surface area contributed by atoms with Crippen molar-refractivity contribution in [2.45, 2.75) is 39.8 Å². The van der Waals surface area contributed by atoms with E-state index in [9.17, 15) is 4.79 Å². The number of carbonyl (C=O) groups excluding carboxylic acids is 1. The number of benzene rings is 3. The van der Waals surface area contributed by atoms with Crippen LogP contribution in [0.3, 0.4) is 0 Å². The Morgan fingerprint density at radius 2 is 1.76 bits per heavy atom. The Balaban J connectivity index is 1.49. The van der Waals surface area contributed by atoms with E-state index in [1.807, 2.05) is 56.4 Å². The van der Waals surface area contributed by atoms with E-state index in [1.54, 1.807) is 0 Å². The highest BCUT2D eigenvalue weighted by atomic mass is 35.5. The van der Waals surface area contributed by atoms with E-state index in [0.717, 1.165) is 34.0 Å². The largest absolute Gasteiger partial charge is 0.351 e. The normalized spacial score (nSPS) is 16.7. The summed E-state index contributed by atoms with van der Waals surface area (Å²) >= 11 is 12.7. The van der Waals surface area contributed by atoms with Crippen LogP contribution in [0.2, 0.25) is 5.02 Å². The molecule has 212 valence electrons. The maximum Gasteiger partial charge on any atom is 0.226 e. The summed E-state index contributed by atoms with van der Waals surface area (Å²) in [5.74, 6) is -0.242. The monoisotopic (exact) mass is 593 g/mol. The van der Waals surface area contributed by atoms with Crippen molar-refractivity contribution in [2.75, 3.05) is 10.2 Å². The molecule has 1 amide bonds. The van der Waals surface area contributed by atoms with E-state index >= 15 is 0 Å². The summed E-state index contributed by atoms with van der Waals surface area (Å²) < 4.78 is 2.32. The first kappa shape index (κ1) is 27.9. The van der Waals surface area contributed by atoms with Gasteiger partial charge in [-0.05, 0) is 79.5 Å². The van der Waals surface area contributed by atoms with Crippen LogP contribution in [0, 0.1) is 19.8 Å². The summed E-state index contributed by atoms with van der Waals surface area (Å²) in [4.78, 5) is 19.2. The highest BCUT2D eigenvalue weighted by Crippen LogP contribution is 2.45. The Labute approximate surface area is 256 Å². The quantitative estimate of drug-likeness (QED) is 0.195. The molecule has 42 heavy (non-hydrogen) atoms. The summed E-state index contributed by atoms with van der Waals surface area (Å²) in [5, 5.41) is 9.88. The first-order chi connectivity index (χ1) is 20.2. The molecule has 6 rings (SSSR count). The first-order valence-corrected chi connectivity index (χ1v) is 14.8. The molecule has 0 bridgehead atoms. The molecule has 1 saturated heterocycles. The fraction of sp³-hybridized carbons (Fsp3) is 0.206. The van der Waals surface area contributed by atoms with Gasteiger partial charge in [0.05, 0.1) is 34.2 Å². The van der Waals surface area contributed by atoms with Gasteiger partial charge in [-0.1, -0.05) is 67.9 Å². The summed E-state index contributed by atoms with van der Waals surface area (Å²) in [6.45, 7) is 8.00. The van der Waals surface area contributed by atoms with Gasteiger partial charge in [-0.3, -0.25) is 9.78 Å². The third kappa shape index (κ3) is 4.93. The van der Waals surface area contributed by atoms with Crippen LogP contribution in [-0.2, 0) is 4.79 Å². The summed E-state index contributed by atoms with van der Waals surface area (Å²) in [6.07, 6.45) is 1.81. The third-order valence-electron chi connectivity index (χ3n) is 7.91. The maximum absolute atomic E-state index is 12.3. The molecule has 8 heteroatoms. The van der Waals surface area contributed by atoms with Crippen molar-refractivity contribution in [1.82, 2.24) is 14.9 Å². The van der Waals surface area contributed by atoms with Gasteiger partial charge in [-0.15, -0.1) is 0 Å². The van der Waals surface area contributed by atoms with Crippen molar-refractivity contribution in [3.8, 4) is 5.69 Å². The molecular weight excluding hydrogens is 562 g/mol. The molecule has 1 aliphatic heterocycles. The number of amides is 1. The van der Waals surface area contributed by atoms with Crippen LogP contribution < -0.4 is 15.5 Å². The number of anilines is 2. The van der Waals surface area contributed by atoms with Crippen LogP contribution in [0.25, 0.3) is 16.5 Å². The van der Waals surface area contributed by atoms with Crippen LogP contribution in [0.1, 0.15) is 48.6 Å². The number of pyridine rings is 1. The van der Waals surface area contributed by atoms with Gasteiger partial charge in [0, 0.05) is 34.6 Å². The molecule has 0 radical (unpaired) electrons. The number of carbonyl (C=O) groups is 1. The summed E-state index contributed by atoms with van der Waals surface area (Å²) in [6, 6.07) is 28.3. The van der Waals surface area contributed by atoms with Crippen molar-refractivity contribution < 1.29 is 4.79 Å². The van der Waals surface area contributed by atoms with Crippen molar-refractivity contribution in [1.29, 1.82) is 0 Å². The van der Waals surface area contributed by atoms with Gasteiger partial charge in [0.1, 0.15) is 0 Å². The lowest BCUT2D eigenvalue weighted by Gasteiger charge is -2.28. The fourth-order valence-electron chi connectivity index (χ4n) is 5.84. The molecular formula is C34H32ClN5OS. The number of rotatable bonds is 6. The Morgan fingerprint density at radius 3 is 2.50 bits per heavy atom. The van der Waals surface area contributed by atoms with Gasteiger partial charge in [-0.2, -0.15) is 0 Å². The van der Waals surface area contributed by atoms with Gasteiger partial charge in [-0.25, -0.2) is 0 Å². The van der Waals surface area contributed by atoms with E-state index < -0.39 is 0 Å². The minimum Gasteiger partial charge on any atom is -0.351 e. The van der Waals surface area contributed by atoms with Crippen LogP contribution in [0.15, 0.2) is 91.1 Å². The molecule has 1 fully saturated rings. The molecule has 3 heterocycles. The number of nitrogens with one attached hydrogen (secondary N) is 2. The molecule has 5 aromatic rings. The molecule has 3 aromatic carbocycles. The molecule has 0 aliphatic carbocycles. The second kappa shape index (κ2) is 11.2. The predicted molar refractivity (Wildman–Crippen MR) is 176 cm³/mol. The van der Waals surface area contributed by atoms with E-state index in [2.05, 4.69) is 82.5 Å². The Bertz CT molecular complexity index is 1810. The zero-order valence-corrected chi connectivity index (χ0v) is 25.5. The average molecular weight is 594 g/mol. The van der Waals surface area contributed by atoms with Gasteiger partial charge in [0.2, 0.25) is 5.91 Å². The number of thiocarbonyl (C=S) groups is 1. The van der Waals surface area contributed by atoms with Crippen molar-refractivity contribution in [3.05, 3.63) is 119 Å². The molecule has 2 atom stereocenters. The first-order valence-electron chi connectivity index (χ1n) is 14.0. The molecule has 0 saturated carbocycles. The van der Waals surface area contributed by atoms with Gasteiger partial charge in [0.15, 0.2) is 5.11 Å². The van der Waals surface area contributed by atoms with Crippen molar-refractivity contribution in [2.24, 2.45) is 5.92 Å². The maximum atomic E-state index is 12.3. The number of aryl methyl sites for hydroxylation is 1. The molecule has 6 nitrogen and oxygen atoms in total. The zero-order chi connectivity index (χ0) is 29.5. The Hall–Kier alpha value is -4.20. The van der Waals surface area contributed by atoms with E-state index in [-0.39, 0.29) is 23.9 Å². The van der Waals surface area contributed by atoms with Crippen LogP contribution in [0.4, 0.5) is 11.4 Å². The smallest absolute Gasteiger partial charge is 0.226 e. The van der Waals surface area contributed by atoms with Crippen LogP contribution >= 0.6 is 23.8 Å². The van der Waals surface area contributed by atoms with E-state index in [4.69, 9.17) is 28.8 Å². The highest BCUT2D eigenvalue weighted by molar-refractivity contribution is 7.80. The second-order valence-electron chi connectivity index (χ2n) is 11.0. The second-order valence-corrected chi connectivity index (χ2v) is 11.8. The zero-order valence-electron chi connectivity index (χ0n) is 23.9. The molecule has 0 spiro atoms. The van der Waals surface area contributed by atoms with Gasteiger partial charge < -0.3 is 20.1 Å². The SMILES string of the molecule is Cc1cc([C@H]2[C@H](c3ccccn3)NC(=S)N2c2ccc(NC(=O)C(C)C)c(Cl)c2)c(C)n1-c1cccc2ccccc12. The van der Waals surface area contributed by atoms with Gasteiger partial charge >= 0.3 is 0 Å². The Kier molecular flexibility index (Phi) is 7.47. The topological polar surface area (TPSA) is 62.2 Å². The van der Waals surface area contributed by atoms with Crippen molar-refractivity contribution >= 4 is 57.0 Å². The number of aromatic nitrogens is 2. The van der Waals surface area contributed by atoms with Gasteiger partial charge in [0.25, 0.3) is 0 Å². The molecule has 0 unspecified atom stereocenters. The predicted octanol–water partition coefficient (Wildman–Crippen LogP) is 8.07. The molecule has 2 N–H and O–H groups in total. The number of halogens is 1. The summed E-state index contributed by atoms with van der Waals surface area (Å²) in [7, 11) is 0. The van der Waals surface area contributed by atoms with E-state index in [1.165, 1.54) is 10.8 Å². The number of hydrogen-bond acceptors (Lipinski definition) is 3. The lowest BCUT2D eigenvalue weighted by atomic mass is 9.96. The minimum atomic E-state index is -0.200. The minimum absolute atomic E-state index is 0.0861. The van der Waals surface area contributed by atoms with Crippen LogP contribution in [0.5, 0.6) is 0 Å². The average Bonchev–Trinajstić information content (AvgIpc) is 3.48. The lowest BCUT2D eigenvalue weighted by Crippen LogP contribution is -2.29. The standard InChI is InChI=1S/C34H32ClN5OS/c1-20(2)33(41)37-28-16-15-24(19-27(28)35)40-32(31(38-34(40)42)29-13-7-8-17-36-29)26-18-21(3)39(22(26)4)30-14-9-11-23-10-5-6-12-25(23)30/h5-20,31-32H,1-4H3,(H,37,41)(H,38,42)/t31-,32-/m0/s1. The number of nitrogens with zero attached hydrogens (tertiary/aromatic N) is 3. The lowest BCUT2D eigenvalue weighted by molar-refractivity contribution is -0.118. The summed E-state index contributed by atoms with van der Waals surface area (Å²) in [5.41, 5.74) is 6.82. The molecule has 2 aromatic heterocycles. The third-order valence-corrected chi connectivity index (χ3v) is 8.53. The highest BCUT2D eigenvalue weighted by Gasteiger charge is 2.42. The Morgan fingerprint density at radius 1 is 1.00 bits per heavy atom. The van der Waals surface area contributed by atoms with E-state index in [0.29, 0.717) is 15.8 Å². The van der Waals surface area contributed by atoms with Crippen molar-refractivity contribution in [3.63, 3.8) is 0 Å². The van der Waals surface area contributed by atoms with Crippen LogP contribution in [-0.4, -0.2) is 20.6 Å². The number of fused-ring (bicyclic) bond motifs is 1.